The summed E-state index contributed by atoms with van der Waals surface area (Å²) in [7, 11) is 0. The van der Waals surface area contributed by atoms with E-state index in [9.17, 15) is 4.79 Å². The molecule has 0 spiro atoms. The maximum Gasteiger partial charge on any atom is 0.161 e. The maximum atomic E-state index is 13.5. The van der Waals surface area contributed by atoms with Crippen molar-refractivity contribution in [2.75, 3.05) is 0 Å². The van der Waals surface area contributed by atoms with Gasteiger partial charge in [0.1, 0.15) is 0 Å². The van der Waals surface area contributed by atoms with E-state index in [1.54, 1.807) is 11.8 Å². The molecular formula is C21H24OS. The van der Waals surface area contributed by atoms with Crippen LogP contribution in [0.25, 0.3) is 0 Å². The van der Waals surface area contributed by atoms with Gasteiger partial charge in [-0.05, 0) is 30.0 Å². The molecule has 3 rings (SSSR count). The lowest BCUT2D eigenvalue weighted by molar-refractivity contribution is -0.122. The summed E-state index contributed by atoms with van der Waals surface area (Å²) in [6.07, 6.45) is 4.11. The molecule has 1 nitrogen and oxygen atoms in total. The highest BCUT2D eigenvalue weighted by Crippen LogP contribution is 2.51. The van der Waals surface area contributed by atoms with Crippen molar-refractivity contribution in [1.29, 1.82) is 0 Å². The third kappa shape index (κ3) is 2.97. The minimum atomic E-state index is -0.273. The van der Waals surface area contributed by atoms with Crippen LogP contribution >= 0.6 is 11.8 Å². The molecule has 0 N–H and O–H groups in total. The zero-order valence-electron chi connectivity index (χ0n) is 13.9. The molecular weight excluding hydrogens is 300 g/mol. The second-order valence-corrected chi connectivity index (χ2v) is 7.72. The van der Waals surface area contributed by atoms with Crippen molar-refractivity contribution in [3.8, 4) is 0 Å². The van der Waals surface area contributed by atoms with Crippen molar-refractivity contribution in [2.24, 2.45) is 0 Å². The molecule has 0 saturated carbocycles. The quantitative estimate of drug-likeness (QED) is 0.688. The van der Waals surface area contributed by atoms with E-state index in [2.05, 4.69) is 44.2 Å². The van der Waals surface area contributed by atoms with Crippen LogP contribution in [0.15, 0.2) is 59.5 Å². The number of hydrogen-bond donors (Lipinski definition) is 0. The SMILES string of the molecule is CCCCC1(CC)Sc2ccccc2C(c2ccccc2)C1=O. The lowest BCUT2D eigenvalue weighted by Crippen LogP contribution is -2.41. The Bertz CT molecular complexity index is 679. The Labute approximate surface area is 143 Å². The molecule has 1 aliphatic heterocycles. The van der Waals surface area contributed by atoms with Gasteiger partial charge in [-0.25, -0.2) is 0 Å². The smallest absolute Gasteiger partial charge is 0.161 e. The van der Waals surface area contributed by atoms with Crippen LogP contribution in [0, 0.1) is 0 Å². The number of ketones is 1. The van der Waals surface area contributed by atoms with Crippen molar-refractivity contribution in [3.63, 3.8) is 0 Å². The maximum absolute atomic E-state index is 13.5. The topological polar surface area (TPSA) is 17.1 Å². The number of carbonyl (C=O) groups is 1. The van der Waals surface area contributed by atoms with Gasteiger partial charge in [-0.3, -0.25) is 4.79 Å². The van der Waals surface area contributed by atoms with Crippen LogP contribution in [-0.2, 0) is 4.79 Å². The lowest BCUT2D eigenvalue weighted by Gasteiger charge is -2.39. The normalized spacial score (nSPS) is 23.6. The molecule has 1 heterocycles. The van der Waals surface area contributed by atoms with E-state index in [0.717, 1.165) is 31.2 Å². The average molecular weight is 324 g/mol. The minimum absolute atomic E-state index is 0.120. The number of thioether (sulfide) groups is 1. The van der Waals surface area contributed by atoms with Crippen molar-refractivity contribution in [2.45, 2.75) is 55.1 Å². The number of unbranched alkanes of at least 4 members (excludes halogenated alkanes) is 1. The number of rotatable bonds is 5. The molecule has 0 radical (unpaired) electrons. The molecule has 1 aliphatic rings. The van der Waals surface area contributed by atoms with Crippen LogP contribution in [0.5, 0.6) is 0 Å². The number of fused-ring (bicyclic) bond motifs is 1. The van der Waals surface area contributed by atoms with Crippen molar-refractivity contribution in [1.82, 2.24) is 0 Å². The van der Waals surface area contributed by atoms with Gasteiger partial charge in [0, 0.05) is 4.90 Å². The van der Waals surface area contributed by atoms with Gasteiger partial charge < -0.3 is 0 Å². The fraction of sp³-hybridized carbons (Fsp3) is 0.381. The van der Waals surface area contributed by atoms with E-state index in [1.165, 1.54) is 10.5 Å². The average Bonchev–Trinajstić information content (AvgIpc) is 2.61. The van der Waals surface area contributed by atoms with Gasteiger partial charge in [0.25, 0.3) is 0 Å². The van der Waals surface area contributed by atoms with Crippen LogP contribution in [0.1, 0.15) is 56.6 Å². The predicted molar refractivity (Wildman–Crippen MR) is 98.1 cm³/mol. The number of benzene rings is 2. The summed E-state index contributed by atoms with van der Waals surface area (Å²) in [6.45, 7) is 4.36. The molecule has 0 saturated heterocycles. The van der Waals surface area contributed by atoms with Crippen molar-refractivity contribution >= 4 is 17.5 Å². The Hall–Kier alpha value is -1.54. The van der Waals surface area contributed by atoms with Gasteiger partial charge in [0.15, 0.2) is 5.78 Å². The molecule has 2 aromatic rings. The summed E-state index contributed by atoms with van der Waals surface area (Å²) >= 11 is 1.80. The van der Waals surface area contributed by atoms with Crippen LogP contribution in [0.2, 0.25) is 0 Å². The fourth-order valence-electron chi connectivity index (χ4n) is 3.51. The first-order valence-corrected chi connectivity index (χ1v) is 9.40. The van der Waals surface area contributed by atoms with E-state index in [4.69, 9.17) is 0 Å². The second kappa shape index (κ2) is 6.92. The van der Waals surface area contributed by atoms with Gasteiger partial charge in [-0.2, -0.15) is 0 Å². The summed E-state index contributed by atoms with van der Waals surface area (Å²) in [4.78, 5) is 14.8. The highest BCUT2D eigenvalue weighted by molar-refractivity contribution is 8.01. The predicted octanol–water partition coefficient (Wildman–Crippen LogP) is 5.83. The number of hydrogen-bond acceptors (Lipinski definition) is 2. The van der Waals surface area contributed by atoms with Gasteiger partial charge in [-0.15, -0.1) is 11.8 Å². The van der Waals surface area contributed by atoms with Gasteiger partial charge in [0.2, 0.25) is 0 Å². The molecule has 2 aromatic carbocycles. The van der Waals surface area contributed by atoms with Crippen molar-refractivity contribution < 1.29 is 4.79 Å². The first-order valence-electron chi connectivity index (χ1n) is 8.59. The van der Waals surface area contributed by atoms with Crippen LogP contribution in [0.4, 0.5) is 0 Å². The summed E-state index contributed by atoms with van der Waals surface area (Å²) in [5, 5.41) is 0. The molecule has 0 fully saturated rings. The standard InChI is InChI=1S/C21H24OS/c1-3-5-15-21(4-2)20(22)19(16-11-7-6-8-12-16)17-13-9-10-14-18(17)23-21/h6-14,19H,3-5,15H2,1-2H3. The molecule has 0 aromatic heterocycles. The highest BCUT2D eigenvalue weighted by Gasteiger charge is 2.46. The Balaban J connectivity index is 2.11. The second-order valence-electron chi connectivity index (χ2n) is 6.30. The first kappa shape index (κ1) is 16.3. The Morgan fingerprint density at radius 3 is 2.39 bits per heavy atom. The molecule has 23 heavy (non-hydrogen) atoms. The summed E-state index contributed by atoms with van der Waals surface area (Å²) in [5.41, 5.74) is 2.30. The summed E-state index contributed by atoms with van der Waals surface area (Å²) in [6, 6.07) is 18.7. The van der Waals surface area contributed by atoms with E-state index in [-0.39, 0.29) is 10.7 Å². The van der Waals surface area contributed by atoms with E-state index in [0.29, 0.717) is 5.78 Å². The number of carbonyl (C=O) groups excluding carboxylic acids is 1. The van der Waals surface area contributed by atoms with Crippen LogP contribution in [0.3, 0.4) is 0 Å². The largest absolute Gasteiger partial charge is 0.297 e. The van der Waals surface area contributed by atoms with Gasteiger partial charge in [0.05, 0.1) is 10.7 Å². The van der Waals surface area contributed by atoms with E-state index >= 15 is 0 Å². The van der Waals surface area contributed by atoms with E-state index in [1.807, 2.05) is 24.3 Å². The molecule has 120 valence electrons. The van der Waals surface area contributed by atoms with Crippen LogP contribution < -0.4 is 0 Å². The molecule has 0 bridgehead atoms. The van der Waals surface area contributed by atoms with Gasteiger partial charge in [-0.1, -0.05) is 75.2 Å². The Morgan fingerprint density at radius 2 is 1.70 bits per heavy atom. The summed E-state index contributed by atoms with van der Waals surface area (Å²) in [5.74, 6) is 0.272. The third-order valence-electron chi connectivity index (χ3n) is 4.88. The monoisotopic (exact) mass is 324 g/mol. The highest BCUT2D eigenvalue weighted by atomic mass is 32.2. The Morgan fingerprint density at radius 1 is 1.00 bits per heavy atom. The Kier molecular flexibility index (Phi) is 4.91. The zero-order chi connectivity index (χ0) is 16.3. The molecule has 0 amide bonds. The third-order valence-corrected chi connectivity index (χ3v) is 6.56. The molecule has 2 atom stereocenters. The van der Waals surface area contributed by atoms with Gasteiger partial charge >= 0.3 is 0 Å². The zero-order valence-corrected chi connectivity index (χ0v) is 14.7. The molecule has 0 aliphatic carbocycles. The molecule has 2 unspecified atom stereocenters. The fourth-order valence-corrected chi connectivity index (χ4v) is 4.99. The first-order chi connectivity index (χ1) is 11.2. The summed E-state index contributed by atoms with van der Waals surface area (Å²) < 4.78 is -0.273. The molecule has 2 heteroatoms. The van der Waals surface area contributed by atoms with E-state index < -0.39 is 0 Å². The van der Waals surface area contributed by atoms with Crippen LogP contribution in [-0.4, -0.2) is 10.5 Å². The minimum Gasteiger partial charge on any atom is -0.297 e. The number of Topliss-reactive ketones (excluding diaryl/α,β-unsaturated/α-hetero) is 1. The van der Waals surface area contributed by atoms with Crippen molar-refractivity contribution in [3.05, 3.63) is 65.7 Å². The lowest BCUT2D eigenvalue weighted by atomic mass is 9.78.